The van der Waals surface area contributed by atoms with Gasteiger partial charge < -0.3 is 5.11 Å². The molecule has 0 radical (unpaired) electrons. The third-order valence-electron chi connectivity index (χ3n) is 0.772. The van der Waals surface area contributed by atoms with Gasteiger partial charge in [0, 0.05) is 0 Å². The lowest BCUT2D eigenvalue weighted by molar-refractivity contribution is -0.104. The highest BCUT2D eigenvalue weighted by molar-refractivity contribution is 5.65. The summed E-state index contributed by atoms with van der Waals surface area (Å²) in [6.07, 6.45) is 6.37. The number of rotatable bonds is 2. The first-order valence-electron chi connectivity index (χ1n) is 3.29. The molecule has 0 unspecified atom stereocenters. The van der Waals surface area contributed by atoms with E-state index < -0.39 is 0 Å². The number of hydrogen-bond donors (Lipinski definition) is 1. The van der Waals surface area contributed by atoms with Gasteiger partial charge in [-0.05, 0) is 30.1 Å². The fourth-order valence-corrected chi connectivity index (χ4v) is 0.355. The molecule has 0 saturated carbocycles. The molecule has 0 aromatic heterocycles. The van der Waals surface area contributed by atoms with E-state index in [1.54, 1.807) is 0 Å². The molecule has 0 heterocycles. The van der Waals surface area contributed by atoms with E-state index in [4.69, 9.17) is 5.11 Å². The van der Waals surface area contributed by atoms with Gasteiger partial charge in [-0.1, -0.05) is 17.9 Å². The average Bonchev–Trinajstić information content (AvgIpc) is 2.10. The molecule has 0 fully saturated rings. The topological polar surface area (TPSA) is 37.3 Å². The fourth-order valence-electron chi connectivity index (χ4n) is 0.355. The molecule has 60 valence electrons. The van der Waals surface area contributed by atoms with Gasteiger partial charge in [0.1, 0.15) is 6.29 Å². The van der Waals surface area contributed by atoms with E-state index in [0.29, 0.717) is 6.29 Å². The highest BCUT2D eigenvalue weighted by atomic mass is 16.2. The van der Waals surface area contributed by atoms with Gasteiger partial charge >= 0.3 is 0 Å². The predicted octanol–water partition coefficient (Wildman–Crippen LogP) is 0.297. The summed E-state index contributed by atoms with van der Waals surface area (Å²) in [5.41, 5.74) is 0. The minimum Gasteiger partial charge on any atom is -0.392 e. The van der Waals surface area contributed by atoms with E-state index in [9.17, 15) is 4.79 Å². The number of allylic oxidation sites excluding steroid dienone is 3. The van der Waals surface area contributed by atoms with Gasteiger partial charge in [-0.3, -0.25) is 4.79 Å². The lowest BCUT2D eigenvalue weighted by Crippen LogP contribution is -1.67. The molecule has 1 N–H and O–H groups in total. The molecule has 0 aliphatic heterocycles. The molecule has 0 rings (SSSR count). The van der Waals surface area contributed by atoms with Crippen molar-refractivity contribution in [1.82, 2.24) is 0 Å². The normalized spacial score (nSPS) is 8.75. The SMILES string of the molecule is O=C/C=C/C#CC#C/C=C\CO. The maximum atomic E-state index is 9.75. The van der Waals surface area contributed by atoms with Crippen LogP contribution in [-0.4, -0.2) is 18.0 Å². The van der Waals surface area contributed by atoms with Crippen molar-refractivity contribution >= 4 is 6.29 Å². The Kier molecular flexibility index (Phi) is 7.87. The molecule has 0 amide bonds. The van der Waals surface area contributed by atoms with Gasteiger partial charge in [-0.15, -0.1) is 0 Å². The van der Waals surface area contributed by atoms with Crippen LogP contribution in [0.4, 0.5) is 0 Å². The monoisotopic (exact) mass is 160 g/mol. The van der Waals surface area contributed by atoms with Crippen molar-refractivity contribution in [3.63, 3.8) is 0 Å². The maximum absolute atomic E-state index is 9.75. The second-order valence-corrected chi connectivity index (χ2v) is 1.62. The molecule has 0 aromatic carbocycles. The molecule has 0 aromatic rings. The summed E-state index contributed by atoms with van der Waals surface area (Å²) in [5.74, 6) is 10.1. The zero-order valence-electron chi connectivity index (χ0n) is 6.45. The number of carbonyl (C=O) groups excluding carboxylic acids is 1. The summed E-state index contributed by atoms with van der Waals surface area (Å²) in [5, 5.41) is 8.30. The third-order valence-corrected chi connectivity index (χ3v) is 0.772. The number of carbonyl (C=O) groups is 1. The molecule has 0 bridgehead atoms. The first-order chi connectivity index (χ1) is 5.91. The third kappa shape index (κ3) is 8.23. The van der Waals surface area contributed by atoms with Crippen LogP contribution in [0.3, 0.4) is 0 Å². The molecule has 0 spiro atoms. The van der Waals surface area contributed by atoms with Crippen LogP contribution in [0.15, 0.2) is 24.3 Å². The Morgan fingerprint density at radius 2 is 1.83 bits per heavy atom. The van der Waals surface area contributed by atoms with Crippen LogP contribution in [0.1, 0.15) is 0 Å². The first-order valence-corrected chi connectivity index (χ1v) is 3.29. The molecule has 0 saturated heterocycles. The minimum absolute atomic E-state index is 0.0207. The van der Waals surface area contributed by atoms with E-state index in [2.05, 4.69) is 23.7 Å². The summed E-state index contributed by atoms with van der Waals surface area (Å²) in [6.45, 7) is -0.0207. The van der Waals surface area contributed by atoms with Gasteiger partial charge in [0.2, 0.25) is 0 Å². The van der Waals surface area contributed by atoms with Gasteiger partial charge in [0.15, 0.2) is 0 Å². The Bertz CT molecular complexity index is 289. The minimum atomic E-state index is -0.0207. The van der Waals surface area contributed by atoms with Crippen molar-refractivity contribution in [2.75, 3.05) is 6.61 Å². The average molecular weight is 160 g/mol. The molecule has 0 aliphatic carbocycles. The smallest absolute Gasteiger partial charge is 0.143 e. The summed E-state index contributed by atoms with van der Waals surface area (Å²) in [4.78, 5) is 9.75. The predicted molar refractivity (Wildman–Crippen MR) is 47.0 cm³/mol. The van der Waals surface area contributed by atoms with E-state index in [0.717, 1.165) is 0 Å². The molecule has 0 aliphatic rings. The Morgan fingerprint density at radius 1 is 1.17 bits per heavy atom. The van der Waals surface area contributed by atoms with Crippen molar-refractivity contribution in [2.24, 2.45) is 0 Å². The van der Waals surface area contributed by atoms with Gasteiger partial charge in [-0.25, -0.2) is 0 Å². The lowest BCUT2D eigenvalue weighted by atomic mass is 10.4. The van der Waals surface area contributed by atoms with Crippen molar-refractivity contribution in [3.8, 4) is 23.7 Å². The highest BCUT2D eigenvalue weighted by Gasteiger charge is 1.60. The van der Waals surface area contributed by atoms with E-state index in [1.807, 2.05) is 0 Å². The molecular weight excluding hydrogens is 152 g/mol. The number of aldehydes is 1. The maximum Gasteiger partial charge on any atom is 0.143 e. The van der Waals surface area contributed by atoms with Gasteiger partial charge in [0.05, 0.1) is 6.61 Å². The first kappa shape index (κ1) is 10.2. The Hall–Kier alpha value is -1.77. The number of hydrogen-bond acceptors (Lipinski definition) is 2. The van der Waals surface area contributed by atoms with Crippen LogP contribution >= 0.6 is 0 Å². The van der Waals surface area contributed by atoms with Crippen molar-refractivity contribution < 1.29 is 9.90 Å². The van der Waals surface area contributed by atoms with Crippen LogP contribution in [0.25, 0.3) is 0 Å². The van der Waals surface area contributed by atoms with Gasteiger partial charge in [-0.2, -0.15) is 0 Å². The van der Waals surface area contributed by atoms with E-state index >= 15 is 0 Å². The quantitative estimate of drug-likeness (QED) is 0.358. The van der Waals surface area contributed by atoms with Crippen molar-refractivity contribution in [2.45, 2.75) is 0 Å². The highest BCUT2D eigenvalue weighted by Crippen LogP contribution is 1.66. The van der Waals surface area contributed by atoms with E-state index in [-0.39, 0.29) is 6.61 Å². The van der Waals surface area contributed by atoms with Crippen molar-refractivity contribution in [1.29, 1.82) is 0 Å². The van der Waals surface area contributed by atoms with Crippen LogP contribution in [0.5, 0.6) is 0 Å². The Morgan fingerprint density at radius 3 is 2.42 bits per heavy atom. The summed E-state index contributed by atoms with van der Waals surface area (Å²) >= 11 is 0. The standard InChI is InChI=1S/C10H8O2/c11-9-7-5-3-1-2-4-6-8-10-12/h5-9,12H,10H2/b7-5+,8-6-. The number of aliphatic hydroxyl groups excluding tert-OH is 1. The molecule has 12 heavy (non-hydrogen) atoms. The van der Waals surface area contributed by atoms with Crippen LogP contribution in [-0.2, 0) is 4.79 Å². The Balaban J connectivity index is 3.81. The van der Waals surface area contributed by atoms with Crippen LogP contribution < -0.4 is 0 Å². The summed E-state index contributed by atoms with van der Waals surface area (Å²) in [7, 11) is 0. The van der Waals surface area contributed by atoms with Gasteiger partial charge in [0.25, 0.3) is 0 Å². The molecular formula is C10H8O2. The largest absolute Gasteiger partial charge is 0.392 e. The zero-order valence-corrected chi connectivity index (χ0v) is 6.45. The Labute approximate surface area is 71.6 Å². The number of aliphatic hydroxyl groups is 1. The summed E-state index contributed by atoms with van der Waals surface area (Å²) < 4.78 is 0. The molecule has 0 atom stereocenters. The fraction of sp³-hybridized carbons (Fsp3) is 0.100. The van der Waals surface area contributed by atoms with Crippen molar-refractivity contribution in [3.05, 3.63) is 24.3 Å². The second kappa shape index (κ2) is 9.23. The van der Waals surface area contributed by atoms with Crippen LogP contribution in [0, 0.1) is 23.7 Å². The van der Waals surface area contributed by atoms with E-state index in [1.165, 1.54) is 24.3 Å². The lowest BCUT2D eigenvalue weighted by Gasteiger charge is -1.68. The summed E-state index contributed by atoms with van der Waals surface area (Å²) in [6, 6.07) is 0. The molecule has 2 heteroatoms. The second-order valence-electron chi connectivity index (χ2n) is 1.62. The molecule has 2 nitrogen and oxygen atoms in total. The van der Waals surface area contributed by atoms with Crippen LogP contribution in [0.2, 0.25) is 0 Å². The zero-order chi connectivity index (χ0) is 9.07.